The molecule has 0 bridgehead atoms. The van der Waals surface area contributed by atoms with Crippen LogP contribution in [0.1, 0.15) is 5.56 Å². The van der Waals surface area contributed by atoms with Gasteiger partial charge in [0.05, 0.1) is 18.9 Å². The molecule has 0 aliphatic heterocycles. The highest BCUT2D eigenvalue weighted by Gasteiger charge is 2.07. The average Bonchev–Trinajstić information content (AvgIpc) is 2.17. The third-order valence-corrected chi connectivity index (χ3v) is 2.04. The second-order valence-electron chi connectivity index (χ2n) is 3.09. The lowest BCUT2D eigenvalue weighted by atomic mass is 10.2. The summed E-state index contributed by atoms with van der Waals surface area (Å²) in [6.45, 7) is 0.202. The summed E-state index contributed by atoms with van der Waals surface area (Å²) < 4.78 is 13.4. The molecule has 1 aromatic rings. The van der Waals surface area contributed by atoms with E-state index in [2.05, 4.69) is 0 Å². The number of nitrogens with zero attached hydrogens (tertiary/aromatic N) is 1. The molecule has 0 saturated carbocycles. The van der Waals surface area contributed by atoms with E-state index in [1.807, 2.05) is 0 Å². The Morgan fingerprint density at radius 2 is 2.07 bits per heavy atom. The number of rotatable bonds is 4. The van der Waals surface area contributed by atoms with E-state index in [-0.39, 0.29) is 19.0 Å². The van der Waals surface area contributed by atoms with Crippen LogP contribution in [0, 0.1) is 5.82 Å². The van der Waals surface area contributed by atoms with Crippen molar-refractivity contribution in [3.05, 3.63) is 29.6 Å². The molecule has 0 atom stereocenters. The van der Waals surface area contributed by atoms with E-state index >= 15 is 0 Å². The summed E-state index contributed by atoms with van der Waals surface area (Å²) in [6.07, 6.45) is 0. The molecule has 2 N–H and O–H groups in total. The molecule has 1 rings (SSSR count). The van der Waals surface area contributed by atoms with Crippen molar-refractivity contribution in [2.45, 2.75) is 6.61 Å². The molecule has 0 aliphatic rings. The monoisotopic (exact) mass is 199 g/mol. The van der Waals surface area contributed by atoms with Crippen LogP contribution >= 0.6 is 0 Å². The van der Waals surface area contributed by atoms with Crippen LogP contribution in [0.3, 0.4) is 0 Å². The van der Waals surface area contributed by atoms with Crippen molar-refractivity contribution in [3.63, 3.8) is 0 Å². The van der Waals surface area contributed by atoms with Gasteiger partial charge in [0.2, 0.25) is 0 Å². The summed E-state index contributed by atoms with van der Waals surface area (Å²) >= 11 is 0. The van der Waals surface area contributed by atoms with Crippen molar-refractivity contribution in [1.29, 1.82) is 0 Å². The quantitative estimate of drug-likeness (QED) is 0.752. The van der Waals surface area contributed by atoms with Crippen molar-refractivity contribution in [1.82, 2.24) is 0 Å². The summed E-state index contributed by atoms with van der Waals surface area (Å²) in [5.41, 5.74) is 0.972. The Balaban J connectivity index is 2.88. The Hall–Kier alpha value is -1.13. The van der Waals surface area contributed by atoms with Crippen LogP contribution in [0.15, 0.2) is 18.2 Å². The molecule has 0 fully saturated rings. The van der Waals surface area contributed by atoms with Crippen LogP contribution in [0.25, 0.3) is 0 Å². The first kappa shape index (κ1) is 10.9. The van der Waals surface area contributed by atoms with Crippen molar-refractivity contribution >= 4 is 5.69 Å². The van der Waals surface area contributed by atoms with Gasteiger partial charge in [0.25, 0.3) is 0 Å². The van der Waals surface area contributed by atoms with Gasteiger partial charge in [-0.15, -0.1) is 0 Å². The molecule has 0 aromatic heterocycles. The van der Waals surface area contributed by atoms with Gasteiger partial charge in [-0.2, -0.15) is 0 Å². The first-order chi connectivity index (χ1) is 6.69. The zero-order valence-corrected chi connectivity index (χ0v) is 8.07. The van der Waals surface area contributed by atoms with Crippen LogP contribution in [-0.4, -0.2) is 30.4 Å². The van der Waals surface area contributed by atoms with Gasteiger partial charge in [-0.05, 0) is 17.7 Å². The number of likely N-dealkylation sites (N-methyl/N-ethyl adjacent to an activating group) is 1. The lowest BCUT2D eigenvalue weighted by Crippen LogP contribution is -2.22. The molecule has 0 saturated heterocycles. The second kappa shape index (κ2) is 4.93. The molecule has 4 heteroatoms. The number of halogens is 1. The summed E-state index contributed by atoms with van der Waals surface area (Å²) in [7, 11) is 1.70. The highest BCUT2D eigenvalue weighted by Crippen LogP contribution is 2.18. The first-order valence-corrected chi connectivity index (χ1v) is 4.40. The SMILES string of the molecule is CN(CCO)c1ccc(CO)cc1F. The van der Waals surface area contributed by atoms with E-state index in [1.165, 1.54) is 6.07 Å². The summed E-state index contributed by atoms with van der Waals surface area (Å²) in [4.78, 5) is 1.62. The fourth-order valence-electron chi connectivity index (χ4n) is 1.23. The predicted octanol–water partition coefficient (Wildman–Crippen LogP) is 0.746. The van der Waals surface area contributed by atoms with Gasteiger partial charge < -0.3 is 15.1 Å². The number of aliphatic hydroxyl groups is 2. The average molecular weight is 199 g/mol. The molecule has 0 spiro atoms. The standard InChI is InChI=1S/C10H14FNO2/c1-12(4-5-13)10-3-2-8(7-14)6-9(10)11/h2-3,6,13-14H,4-5,7H2,1H3. The van der Waals surface area contributed by atoms with E-state index in [0.29, 0.717) is 17.8 Å². The Bertz CT molecular complexity index is 304. The van der Waals surface area contributed by atoms with E-state index < -0.39 is 0 Å². The molecular weight excluding hydrogens is 185 g/mol. The maximum Gasteiger partial charge on any atom is 0.146 e. The Kier molecular flexibility index (Phi) is 3.85. The number of hydrogen-bond acceptors (Lipinski definition) is 3. The fraction of sp³-hybridized carbons (Fsp3) is 0.400. The molecule has 0 heterocycles. The highest BCUT2D eigenvalue weighted by atomic mass is 19.1. The van der Waals surface area contributed by atoms with Crippen LogP contribution in [-0.2, 0) is 6.61 Å². The van der Waals surface area contributed by atoms with Gasteiger partial charge in [-0.25, -0.2) is 4.39 Å². The molecule has 0 aliphatic carbocycles. The third kappa shape index (κ3) is 2.43. The van der Waals surface area contributed by atoms with Crippen LogP contribution < -0.4 is 4.90 Å². The van der Waals surface area contributed by atoms with E-state index in [4.69, 9.17) is 10.2 Å². The largest absolute Gasteiger partial charge is 0.395 e. The minimum absolute atomic E-state index is 0.0162. The Labute approximate surface area is 82.4 Å². The first-order valence-electron chi connectivity index (χ1n) is 4.40. The summed E-state index contributed by atoms with van der Waals surface area (Å²) in [5.74, 6) is -0.382. The molecule has 1 aromatic carbocycles. The van der Waals surface area contributed by atoms with Crippen LogP contribution in [0.2, 0.25) is 0 Å². The van der Waals surface area contributed by atoms with Gasteiger partial charge in [-0.3, -0.25) is 0 Å². The molecule has 14 heavy (non-hydrogen) atoms. The van der Waals surface area contributed by atoms with Crippen LogP contribution in [0.5, 0.6) is 0 Å². The van der Waals surface area contributed by atoms with Crippen LogP contribution in [0.4, 0.5) is 10.1 Å². The van der Waals surface area contributed by atoms with Crippen molar-refractivity contribution < 1.29 is 14.6 Å². The molecule has 0 unspecified atom stereocenters. The van der Waals surface area contributed by atoms with Gasteiger partial charge in [0.1, 0.15) is 5.82 Å². The van der Waals surface area contributed by atoms with Gasteiger partial charge in [0.15, 0.2) is 0 Å². The van der Waals surface area contributed by atoms with E-state index in [9.17, 15) is 4.39 Å². The van der Waals surface area contributed by atoms with E-state index in [0.717, 1.165) is 0 Å². The normalized spacial score (nSPS) is 10.3. The predicted molar refractivity (Wildman–Crippen MR) is 52.7 cm³/mol. The second-order valence-corrected chi connectivity index (χ2v) is 3.09. The molecule has 0 radical (unpaired) electrons. The summed E-state index contributed by atoms with van der Waals surface area (Å²) in [5, 5.41) is 17.5. The molecule has 0 amide bonds. The zero-order chi connectivity index (χ0) is 10.6. The Morgan fingerprint density at radius 3 is 2.57 bits per heavy atom. The maximum atomic E-state index is 13.4. The summed E-state index contributed by atoms with van der Waals surface area (Å²) in [6, 6.07) is 4.55. The maximum absolute atomic E-state index is 13.4. The van der Waals surface area contributed by atoms with Crippen molar-refractivity contribution in [2.75, 3.05) is 25.1 Å². The third-order valence-electron chi connectivity index (χ3n) is 2.04. The molecular formula is C10H14FNO2. The zero-order valence-electron chi connectivity index (χ0n) is 8.07. The van der Waals surface area contributed by atoms with Gasteiger partial charge in [0, 0.05) is 13.6 Å². The minimum atomic E-state index is -0.382. The topological polar surface area (TPSA) is 43.7 Å². The minimum Gasteiger partial charge on any atom is -0.395 e. The Morgan fingerprint density at radius 1 is 1.36 bits per heavy atom. The van der Waals surface area contributed by atoms with Gasteiger partial charge in [-0.1, -0.05) is 6.07 Å². The van der Waals surface area contributed by atoms with Crippen molar-refractivity contribution in [3.8, 4) is 0 Å². The number of hydrogen-bond donors (Lipinski definition) is 2. The van der Waals surface area contributed by atoms with Crippen molar-refractivity contribution in [2.24, 2.45) is 0 Å². The number of aliphatic hydroxyl groups excluding tert-OH is 2. The number of benzene rings is 1. The smallest absolute Gasteiger partial charge is 0.146 e. The molecule has 78 valence electrons. The van der Waals surface area contributed by atoms with Gasteiger partial charge >= 0.3 is 0 Å². The lowest BCUT2D eigenvalue weighted by molar-refractivity contribution is 0.281. The fourth-order valence-corrected chi connectivity index (χ4v) is 1.23. The highest BCUT2D eigenvalue weighted by molar-refractivity contribution is 5.48. The molecule has 3 nitrogen and oxygen atoms in total. The lowest BCUT2D eigenvalue weighted by Gasteiger charge is -2.18. The number of anilines is 1. The van der Waals surface area contributed by atoms with E-state index in [1.54, 1.807) is 24.1 Å².